The fraction of sp³-hybridized carbons (Fsp3) is 0.318. The van der Waals surface area contributed by atoms with Gasteiger partial charge in [-0.1, -0.05) is 30.3 Å². The van der Waals surface area contributed by atoms with Crippen LogP contribution in [0.4, 0.5) is 0 Å². The van der Waals surface area contributed by atoms with Crippen molar-refractivity contribution in [2.75, 3.05) is 32.8 Å². The first-order valence-electron chi connectivity index (χ1n) is 9.86. The van der Waals surface area contributed by atoms with Crippen LogP contribution in [0.3, 0.4) is 0 Å². The van der Waals surface area contributed by atoms with Crippen molar-refractivity contribution in [1.29, 1.82) is 0 Å². The third-order valence-electron chi connectivity index (χ3n) is 4.43. The van der Waals surface area contributed by atoms with E-state index in [2.05, 4.69) is 15.6 Å². The average molecular weight is 394 g/mol. The van der Waals surface area contributed by atoms with Gasteiger partial charge < -0.3 is 15.4 Å². The number of rotatable bonds is 9. The first-order chi connectivity index (χ1) is 14.2. The van der Waals surface area contributed by atoms with E-state index in [9.17, 15) is 9.59 Å². The number of ether oxygens (including phenoxy) is 1. The van der Waals surface area contributed by atoms with Gasteiger partial charge in [-0.15, -0.1) is 0 Å². The van der Waals surface area contributed by atoms with E-state index >= 15 is 0 Å². The Hall–Kier alpha value is -3.35. The molecule has 0 saturated carbocycles. The topological polar surface area (TPSA) is 83.0 Å². The highest BCUT2D eigenvalue weighted by molar-refractivity contribution is 6.21. The Balaban J connectivity index is 1.43. The molecule has 2 amide bonds. The minimum Gasteiger partial charge on any atom is -0.494 e. The number of hydrogen-bond acceptors (Lipinski definition) is 4. The second-order valence-electron chi connectivity index (χ2n) is 6.51. The first kappa shape index (κ1) is 20.4. The smallest absolute Gasteiger partial charge is 0.261 e. The SMILES string of the molecule is CCNC(=NCCCOc1ccccc1)NCCN1C(=O)c2ccccc2C1=O. The van der Waals surface area contributed by atoms with E-state index in [4.69, 9.17) is 4.74 Å². The monoisotopic (exact) mass is 394 g/mol. The zero-order valence-corrected chi connectivity index (χ0v) is 16.6. The molecule has 1 aliphatic rings. The summed E-state index contributed by atoms with van der Waals surface area (Å²) in [6.07, 6.45) is 0.782. The molecule has 29 heavy (non-hydrogen) atoms. The van der Waals surface area contributed by atoms with Gasteiger partial charge in [-0.3, -0.25) is 19.5 Å². The van der Waals surface area contributed by atoms with E-state index in [-0.39, 0.29) is 18.4 Å². The summed E-state index contributed by atoms with van der Waals surface area (Å²) in [6.45, 7) is 4.61. The van der Waals surface area contributed by atoms with E-state index in [1.165, 1.54) is 4.90 Å². The van der Waals surface area contributed by atoms with E-state index in [1.54, 1.807) is 24.3 Å². The Morgan fingerprint density at radius 2 is 1.62 bits per heavy atom. The third kappa shape index (κ3) is 5.34. The minimum atomic E-state index is -0.243. The summed E-state index contributed by atoms with van der Waals surface area (Å²) >= 11 is 0. The Morgan fingerprint density at radius 3 is 2.28 bits per heavy atom. The Labute approximate surface area is 170 Å². The van der Waals surface area contributed by atoms with Crippen molar-refractivity contribution in [1.82, 2.24) is 15.5 Å². The highest BCUT2D eigenvalue weighted by atomic mass is 16.5. The highest BCUT2D eigenvalue weighted by Crippen LogP contribution is 2.21. The summed E-state index contributed by atoms with van der Waals surface area (Å²) in [4.78, 5) is 30.6. The minimum absolute atomic E-state index is 0.243. The number of amides is 2. The summed E-state index contributed by atoms with van der Waals surface area (Å²) in [5.41, 5.74) is 0.938. The molecule has 0 bridgehead atoms. The summed E-state index contributed by atoms with van der Waals surface area (Å²) < 4.78 is 5.66. The normalized spacial score (nSPS) is 13.4. The van der Waals surface area contributed by atoms with E-state index < -0.39 is 0 Å². The molecule has 7 heteroatoms. The van der Waals surface area contributed by atoms with Crippen molar-refractivity contribution in [3.63, 3.8) is 0 Å². The highest BCUT2D eigenvalue weighted by Gasteiger charge is 2.34. The van der Waals surface area contributed by atoms with Crippen molar-refractivity contribution in [3.05, 3.63) is 65.7 Å². The van der Waals surface area contributed by atoms with Gasteiger partial charge in [-0.2, -0.15) is 0 Å². The number of fused-ring (bicyclic) bond motifs is 1. The molecule has 0 radical (unpaired) electrons. The van der Waals surface area contributed by atoms with Crippen LogP contribution in [0.5, 0.6) is 5.75 Å². The lowest BCUT2D eigenvalue weighted by molar-refractivity contribution is 0.0657. The van der Waals surface area contributed by atoms with Crippen LogP contribution >= 0.6 is 0 Å². The van der Waals surface area contributed by atoms with Crippen molar-refractivity contribution < 1.29 is 14.3 Å². The largest absolute Gasteiger partial charge is 0.494 e. The first-order valence-corrected chi connectivity index (χ1v) is 9.86. The fourth-order valence-electron chi connectivity index (χ4n) is 3.03. The molecule has 2 N–H and O–H groups in total. The van der Waals surface area contributed by atoms with Crippen LogP contribution in [0, 0.1) is 0 Å². The van der Waals surface area contributed by atoms with Crippen LogP contribution in [0.25, 0.3) is 0 Å². The fourth-order valence-corrected chi connectivity index (χ4v) is 3.03. The predicted molar refractivity (Wildman–Crippen MR) is 112 cm³/mol. The van der Waals surface area contributed by atoms with Gasteiger partial charge in [0.2, 0.25) is 0 Å². The van der Waals surface area contributed by atoms with Gasteiger partial charge in [-0.25, -0.2) is 0 Å². The van der Waals surface area contributed by atoms with Crippen molar-refractivity contribution in [2.24, 2.45) is 4.99 Å². The number of nitrogens with zero attached hydrogens (tertiary/aromatic N) is 2. The summed E-state index contributed by atoms with van der Waals surface area (Å²) in [5.74, 6) is 1.02. The second-order valence-corrected chi connectivity index (χ2v) is 6.51. The van der Waals surface area contributed by atoms with Crippen LogP contribution in [-0.2, 0) is 0 Å². The number of nitrogens with one attached hydrogen (secondary N) is 2. The van der Waals surface area contributed by atoms with Gasteiger partial charge in [0, 0.05) is 32.6 Å². The molecule has 0 spiro atoms. The molecular formula is C22H26N4O3. The lowest BCUT2D eigenvalue weighted by Crippen LogP contribution is -2.43. The van der Waals surface area contributed by atoms with Crippen molar-refractivity contribution in [2.45, 2.75) is 13.3 Å². The maximum atomic E-state index is 12.4. The quantitative estimate of drug-likeness (QED) is 0.295. The molecule has 0 aliphatic carbocycles. The third-order valence-corrected chi connectivity index (χ3v) is 4.43. The Kier molecular flexibility index (Phi) is 7.22. The number of guanidine groups is 1. The van der Waals surface area contributed by atoms with Crippen LogP contribution < -0.4 is 15.4 Å². The summed E-state index contributed by atoms with van der Waals surface area (Å²) in [6, 6.07) is 16.6. The molecule has 2 aromatic rings. The van der Waals surface area contributed by atoms with Crippen molar-refractivity contribution >= 4 is 17.8 Å². The van der Waals surface area contributed by atoms with Crippen LogP contribution in [-0.4, -0.2) is 55.5 Å². The number of benzene rings is 2. The molecule has 0 aromatic heterocycles. The number of aliphatic imine (C=N–C) groups is 1. The molecule has 0 saturated heterocycles. The van der Waals surface area contributed by atoms with Crippen LogP contribution in [0.2, 0.25) is 0 Å². The number of carbonyl (C=O) groups excluding carboxylic acids is 2. The molecule has 0 fully saturated rings. The lowest BCUT2D eigenvalue weighted by atomic mass is 10.1. The molecule has 152 valence electrons. The number of carbonyl (C=O) groups is 2. The number of hydrogen-bond donors (Lipinski definition) is 2. The molecule has 3 rings (SSSR count). The van der Waals surface area contributed by atoms with Gasteiger partial charge >= 0.3 is 0 Å². The predicted octanol–water partition coefficient (Wildman–Crippen LogP) is 2.31. The lowest BCUT2D eigenvalue weighted by Gasteiger charge is -2.16. The van der Waals surface area contributed by atoms with Gasteiger partial charge in [-0.05, 0) is 31.2 Å². The van der Waals surface area contributed by atoms with Crippen LogP contribution in [0.15, 0.2) is 59.6 Å². The van der Waals surface area contributed by atoms with Crippen LogP contribution in [0.1, 0.15) is 34.1 Å². The maximum absolute atomic E-state index is 12.4. The zero-order chi connectivity index (χ0) is 20.5. The number of imide groups is 1. The van der Waals surface area contributed by atoms with E-state index in [1.807, 2.05) is 37.3 Å². The molecule has 2 aromatic carbocycles. The average Bonchev–Trinajstić information content (AvgIpc) is 2.99. The van der Waals surface area contributed by atoms with Crippen molar-refractivity contribution in [3.8, 4) is 5.75 Å². The molecule has 1 heterocycles. The molecule has 1 aliphatic heterocycles. The Morgan fingerprint density at radius 1 is 0.966 bits per heavy atom. The molecule has 0 atom stereocenters. The standard InChI is InChI=1S/C22H26N4O3/c1-2-23-22(24-13-8-16-29-17-9-4-3-5-10-17)25-14-15-26-20(27)18-11-6-7-12-19(18)21(26)28/h3-7,9-12H,2,8,13-16H2,1H3,(H2,23,24,25). The van der Waals surface area contributed by atoms with Gasteiger partial charge in [0.05, 0.1) is 17.7 Å². The van der Waals surface area contributed by atoms with E-state index in [0.717, 1.165) is 18.7 Å². The second kappa shape index (κ2) is 10.3. The molecule has 0 unspecified atom stereocenters. The zero-order valence-electron chi connectivity index (χ0n) is 16.6. The Bertz CT molecular complexity index is 832. The maximum Gasteiger partial charge on any atom is 0.261 e. The number of para-hydroxylation sites is 1. The van der Waals surface area contributed by atoms with Gasteiger partial charge in [0.1, 0.15) is 5.75 Å². The molecule has 7 nitrogen and oxygen atoms in total. The summed E-state index contributed by atoms with van der Waals surface area (Å²) in [5, 5.41) is 6.34. The molecular weight excluding hydrogens is 368 g/mol. The van der Waals surface area contributed by atoms with E-state index in [0.29, 0.717) is 36.8 Å². The summed E-state index contributed by atoms with van der Waals surface area (Å²) in [7, 11) is 0. The van der Waals surface area contributed by atoms with Gasteiger partial charge in [0.15, 0.2) is 5.96 Å². The van der Waals surface area contributed by atoms with Gasteiger partial charge in [0.25, 0.3) is 11.8 Å².